The maximum absolute atomic E-state index is 13.6. The highest BCUT2D eigenvalue weighted by Gasteiger charge is 2.76. The maximum Gasteiger partial charge on any atom is 0.460 e. The van der Waals surface area contributed by atoms with Gasteiger partial charge in [-0.3, -0.25) is 4.79 Å². The van der Waals surface area contributed by atoms with E-state index in [-0.39, 0.29) is 40.7 Å². The number of hydrogen-bond donors (Lipinski definition) is 1. The molecule has 37 heavy (non-hydrogen) atoms. The summed E-state index contributed by atoms with van der Waals surface area (Å²) in [4.78, 5) is 24.5. The van der Waals surface area contributed by atoms with E-state index in [1.165, 1.54) is 6.92 Å². The fourth-order valence-electron chi connectivity index (χ4n) is 3.84. The molecule has 13 heteroatoms. The number of alkyl halides is 7. The normalized spacial score (nSPS) is 15.6. The number of benzene rings is 1. The third-order valence-electron chi connectivity index (χ3n) is 5.83. The topological polar surface area (TPSA) is 80.9 Å². The number of hydrazone groups is 1. The number of fused-ring (bicyclic) bond motifs is 1. The van der Waals surface area contributed by atoms with Crippen LogP contribution in [0, 0.1) is 13.8 Å². The minimum atomic E-state index is -6.66. The van der Waals surface area contributed by atoms with Crippen molar-refractivity contribution in [3.63, 3.8) is 0 Å². The number of carbonyl (C=O) groups is 2. The minimum absolute atomic E-state index is 0.0273. The smallest absolute Gasteiger partial charge is 0.453 e. The van der Waals surface area contributed by atoms with Crippen LogP contribution >= 0.6 is 0 Å². The van der Waals surface area contributed by atoms with E-state index in [0.717, 1.165) is 16.6 Å². The van der Waals surface area contributed by atoms with Crippen LogP contribution in [0.3, 0.4) is 0 Å². The molecule has 1 aromatic carbocycles. The molecule has 0 saturated carbocycles. The van der Waals surface area contributed by atoms with E-state index >= 15 is 0 Å². The summed E-state index contributed by atoms with van der Waals surface area (Å²) >= 11 is 0. The van der Waals surface area contributed by atoms with Gasteiger partial charge in [0, 0.05) is 17.5 Å². The molecule has 0 radical (unpaired) electrons. The molecule has 1 aliphatic rings. The maximum atomic E-state index is 13.6. The first-order valence-electron chi connectivity index (χ1n) is 11.1. The van der Waals surface area contributed by atoms with Crippen LogP contribution in [0.1, 0.15) is 71.2 Å². The van der Waals surface area contributed by atoms with Crippen molar-refractivity contribution in [1.82, 2.24) is 5.43 Å². The Morgan fingerprint density at radius 2 is 1.70 bits per heavy atom. The van der Waals surface area contributed by atoms with Crippen molar-refractivity contribution >= 4 is 17.6 Å². The van der Waals surface area contributed by atoms with E-state index in [1.807, 2.05) is 32.9 Å². The number of amides is 1. The van der Waals surface area contributed by atoms with Crippen molar-refractivity contribution in [3.05, 3.63) is 52.0 Å². The highest BCUT2D eigenvalue weighted by atomic mass is 19.4. The Labute approximate surface area is 206 Å². The van der Waals surface area contributed by atoms with Crippen LogP contribution in [0.15, 0.2) is 27.7 Å². The van der Waals surface area contributed by atoms with Gasteiger partial charge in [-0.2, -0.15) is 35.8 Å². The Kier molecular flexibility index (Phi) is 7.49. The predicted octanol–water partition coefficient (Wildman–Crippen LogP) is 6.23. The number of hydrogen-bond acceptors (Lipinski definition) is 5. The van der Waals surface area contributed by atoms with Gasteiger partial charge in [0.05, 0.1) is 5.71 Å². The molecule has 0 aliphatic heterocycles. The summed E-state index contributed by atoms with van der Waals surface area (Å²) in [6.07, 6.45) is -6.02. The van der Waals surface area contributed by atoms with Crippen molar-refractivity contribution in [2.45, 2.75) is 70.9 Å². The molecule has 1 aromatic heterocycles. The van der Waals surface area contributed by atoms with Gasteiger partial charge in [0.15, 0.2) is 0 Å². The second kappa shape index (κ2) is 9.82. The molecule has 0 bridgehead atoms. The van der Waals surface area contributed by atoms with Crippen LogP contribution < -0.4 is 10.2 Å². The summed E-state index contributed by atoms with van der Waals surface area (Å²) in [6, 6.07) is 5.34. The van der Waals surface area contributed by atoms with E-state index in [9.17, 15) is 40.3 Å². The Balaban J connectivity index is 1.89. The first kappa shape index (κ1) is 28.2. The van der Waals surface area contributed by atoms with Gasteiger partial charge in [0.2, 0.25) is 5.76 Å². The molecule has 0 atom stereocenters. The zero-order valence-corrected chi connectivity index (χ0v) is 20.2. The lowest BCUT2D eigenvalue weighted by Gasteiger charge is -2.26. The van der Waals surface area contributed by atoms with Crippen LogP contribution in [0.4, 0.5) is 30.7 Å². The number of nitrogens with zero attached hydrogens (tertiary/aromatic N) is 1. The van der Waals surface area contributed by atoms with Gasteiger partial charge in [0.25, 0.3) is 0 Å². The van der Waals surface area contributed by atoms with Crippen molar-refractivity contribution in [2.75, 3.05) is 0 Å². The Bertz CT molecular complexity index is 1250. The number of aryl methyl sites for hydroxylation is 2. The molecule has 1 amide bonds. The number of esters is 1. The third kappa shape index (κ3) is 5.21. The van der Waals surface area contributed by atoms with Gasteiger partial charge in [0.1, 0.15) is 11.5 Å². The molecule has 6 nitrogen and oxygen atoms in total. The lowest BCUT2D eigenvalue weighted by Crippen LogP contribution is -2.58. The number of rotatable bonds is 6. The first-order chi connectivity index (χ1) is 17.0. The molecule has 202 valence electrons. The molecule has 2 aromatic rings. The zero-order chi connectivity index (χ0) is 27.9. The minimum Gasteiger partial charge on any atom is -0.453 e. The second-order valence-electron chi connectivity index (χ2n) is 8.94. The SMILES string of the molecule is Cc1ccc(C(C)C)c(OC(=O)c2oc3c(c2C)/C(=N/NC(=O)C(F)(F)C(F)(F)C(F)(F)F)CCC3)c1. The van der Waals surface area contributed by atoms with E-state index in [1.54, 1.807) is 6.07 Å². The summed E-state index contributed by atoms with van der Waals surface area (Å²) < 4.78 is 102. The fourth-order valence-corrected chi connectivity index (χ4v) is 3.84. The highest BCUT2D eigenvalue weighted by molar-refractivity contribution is 6.06. The van der Waals surface area contributed by atoms with Gasteiger partial charge in [-0.1, -0.05) is 26.0 Å². The molecular weight excluding hydrogens is 513 g/mol. The predicted molar refractivity (Wildman–Crippen MR) is 117 cm³/mol. The fraction of sp³-hybridized carbons (Fsp3) is 0.458. The number of furan rings is 1. The first-order valence-corrected chi connectivity index (χ1v) is 11.1. The Morgan fingerprint density at radius 1 is 1.05 bits per heavy atom. The third-order valence-corrected chi connectivity index (χ3v) is 5.83. The number of ether oxygens (including phenoxy) is 1. The summed E-state index contributed by atoms with van der Waals surface area (Å²) in [6.45, 7) is 7.06. The van der Waals surface area contributed by atoms with Crippen molar-refractivity contribution < 1.29 is 49.5 Å². The summed E-state index contributed by atoms with van der Waals surface area (Å²) in [5.74, 6) is -16.2. The van der Waals surface area contributed by atoms with Gasteiger partial charge < -0.3 is 9.15 Å². The van der Waals surface area contributed by atoms with Crippen LogP contribution in [0.2, 0.25) is 0 Å². The lowest BCUT2D eigenvalue weighted by molar-refractivity contribution is -0.344. The molecule has 0 fully saturated rings. The molecule has 1 N–H and O–H groups in total. The van der Waals surface area contributed by atoms with E-state index in [2.05, 4.69) is 5.10 Å². The second-order valence-corrected chi connectivity index (χ2v) is 8.94. The van der Waals surface area contributed by atoms with Gasteiger partial charge >= 0.3 is 29.9 Å². The summed E-state index contributed by atoms with van der Waals surface area (Å²) in [7, 11) is 0. The average molecular weight is 536 g/mol. The van der Waals surface area contributed by atoms with Crippen LogP contribution in [0.25, 0.3) is 0 Å². The van der Waals surface area contributed by atoms with Crippen LogP contribution in [-0.4, -0.2) is 35.6 Å². The number of nitrogens with one attached hydrogen (secondary N) is 1. The van der Waals surface area contributed by atoms with Crippen molar-refractivity contribution in [1.29, 1.82) is 0 Å². The summed E-state index contributed by atoms with van der Waals surface area (Å²) in [5.41, 5.74) is 2.90. The van der Waals surface area contributed by atoms with E-state index < -0.39 is 29.9 Å². The highest BCUT2D eigenvalue weighted by Crippen LogP contribution is 2.46. The summed E-state index contributed by atoms with van der Waals surface area (Å²) in [5, 5.41) is 3.38. The number of halogens is 7. The van der Waals surface area contributed by atoms with E-state index in [4.69, 9.17) is 9.15 Å². The molecule has 0 saturated heterocycles. The molecule has 0 spiro atoms. The standard InChI is InChI=1S/C24H23F7N2O4/c1-11(2)14-9-8-12(3)10-17(14)37-20(34)19-13(4)18-15(6-5-7-16(18)36-19)32-33-21(35)22(25,26)23(27,28)24(29,30)31/h8-11H,5-7H2,1-4H3,(H,33,35)/b32-15+. The van der Waals surface area contributed by atoms with Gasteiger partial charge in [-0.15, -0.1) is 0 Å². The van der Waals surface area contributed by atoms with Crippen molar-refractivity contribution in [3.8, 4) is 5.75 Å². The molecular formula is C24H23F7N2O4. The van der Waals surface area contributed by atoms with E-state index in [0.29, 0.717) is 18.6 Å². The zero-order valence-electron chi connectivity index (χ0n) is 20.2. The quantitative estimate of drug-likeness (QED) is 0.206. The van der Waals surface area contributed by atoms with Crippen LogP contribution in [0.5, 0.6) is 5.75 Å². The monoisotopic (exact) mass is 536 g/mol. The molecule has 3 rings (SSSR count). The van der Waals surface area contributed by atoms with Gasteiger partial charge in [-0.25, -0.2) is 10.2 Å². The Hall–Kier alpha value is -3.38. The lowest BCUT2D eigenvalue weighted by atomic mass is 9.93. The van der Waals surface area contributed by atoms with Crippen LogP contribution in [-0.2, 0) is 11.2 Å². The Morgan fingerprint density at radius 3 is 2.30 bits per heavy atom. The molecule has 1 aliphatic carbocycles. The average Bonchev–Trinajstić information content (AvgIpc) is 3.13. The molecule has 1 heterocycles. The number of carbonyl (C=O) groups excluding carboxylic acids is 2. The molecule has 0 unspecified atom stereocenters. The van der Waals surface area contributed by atoms with Gasteiger partial charge in [-0.05, 0) is 49.8 Å². The van der Waals surface area contributed by atoms with Crippen molar-refractivity contribution in [2.24, 2.45) is 5.10 Å². The largest absolute Gasteiger partial charge is 0.460 e.